The maximum atomic E-state index is 12.4. The molecule has 2 aromatic carbocycles. The van der Waals surface area contributed by atoms with Crippen molar-refractivity contribution < 1.29 is 23.4 Å². The molecule has 0 fully saturated rings. The van der Waals surface area contributed by atoms with Crippen LogP contribution in [-0.4, -0.2) is 11.7 Å². The van der Waals surface area contributed by atoms with Crippen molar-refractivity contribution in [3.63, 3.8) is 0 Å². The van der Waals surface area contributed by atoms with E-state index in [1.807, 2.05) is 30.3 Å². The number of halogens is 2. The Morgan fingerprint density at radius 3 is 2.38 bits per heavy atom. The molecule has 0 heterocycles. The first-order valence-corrected chi connectivity index (χ1v) is 6.50. The van der Waals surface area contributed by atoms with Crippen LogP contribution in [0.5, 0.6) is 11.5 Å². The summed E-state index contributed by atoms with van der Waals surface area (Å²) in [6.07, 6.45) is -0.718. The normalized spacial score (nSPS) is 12.2. The van der Waals surface area contributed by atoms with E-state index in [0.29, 0.717) is 5.56 Å². The van der Waals surface area contributed by atoms with E-state index in [1.54, 1.807) is 6.92 Å². The zero-order valence-corrected chi connectivity index (χ0v) is 11.5. The van der Waals surface area contributed by atoms with Crippen molar-refractivity contribution in [3.05, 3.63) is 59.7 Å². The first-order valence-electron chi connectivity index (χ1n) is 6.50. The van der Waals surface area contributed by atoms with Gasteiger partial charge in [-0.05, 0) is 30.2 Å². The number of alkyl halides is 2. The zero-order valence-electron chi connectivity index (χ0n) is 11.5. The highest BCUT2D eigenvalue weighted by Gasteiger charge is 2.13. The molecule has 0 aliphatic rings. The van der Waals surface area contributed by atoms with Gasteiger partial charge in [0.2, 0.25) is 0 Å². The highest BCUT2D eigenvalue weighted by molar-refractivity contribution is 5.43. The first kappa shape index (κ1) is 15.3. The van der Waals surface area contributed by atoms with Crippen LogP contribution in [0, 0.1) is 0 Å². The molecule has 0 aromatic heterocycles. The number of hydrogen-bond acceptors (Lipinski definition) is 3. The lowest BCUT2D eigenvalue weighted by Gasteiger charge is -2.14. The Hall–Kier alpha value is -2.14. The van der Waals surface area contributed by atoms with Crippen LogP contribution in [0.4, 0.5) is 8.78 Å². The van der Waals surface area contributed by atoms with Crippen molar-refractivity contribution in [1.29, 1.82) is 0 Å². The largest absolute Gasteiger partial charge is 0.485 e. The molecular weight excluding hydrogens is 278 g/mol. The standard InChI is InChI=1S/C16H16F2O3/c1-11(19)13-7-8-14(21-16(17)18)15(9-13)20-10-12-5-3-2-4-6-12/h2-9,11,16,19H,10H2,1H3. The molecule has 5 heteroatoms. The molecular formula is C16H16F2O3. The second-order valence-corrected chi connectivity index (χ2v) is 4.53. The monoisotopic (exact) mass is 294 g/mol. The third-order valence-corrected chi connectivity index (χ3v) is 2.90. The van der Waals surface area contributed by atoms with Crippen molar-refractivity contribution in [2.75, 3.05) is 0 Å². The molecule has 2 rings (SSSR count). The Morgan fingerprint density at radius 2 is 1.76 bits per heavy atom. The average molecular weight is 294 g/mol. The van der Waals surface area contributed by atoms with E-state index in [2.05, 4.69) is 4.74 Å². The maximum Gasteiger partial charge on any atom is 0.387 e. The van der Waals surface area contributed by atoms with Gasteiger partial charge in [-0.25, -0.2) is 0 Å². The number of aliphatic hydroxyl groups is 1. The first-order chi connectivity index (χ1) is 10.1. The van der Waals surface area contributed by atoms with E-state index >= 15 is 0 Å². The third kappa shape index (κ3) is 4.43. The summed E-state index contributed by atoms with van der Waals surface area (Å²) < 4.78 is 34.8. The summed E-state index contributed by atoms with van der Waals surface area (Å²) >= 11 is 0. The van der Waals surface area contributed by atoms with Gasteiger partial charge in [-0.15, -0.1) is 0 Å². The van der Waals surface area contributed by atoms with Gasteiger partial charge in [0.05, 0.1) is 6.10 Å². The number of ether oxygens (including phenoxy) is 2. The summed E-state index contributed by atoms with van der Waals surface area (Å²) in [7, 11) is 0. The predicted octanol–water partition coefficient (Wildman–Crippen LogP) is 3.92. The quantitative estimate of drug-likeness (QED) is 0.877. The second kappa shape index (κ2) is 7.04. The molecule has 1 N–H and O–H groups in total. The van der Waals surface area contributed by atoms with Crippen molar-refractivity contribution >= 4 is 0 Å². The molecule has 0 aliphatic carbocycles. The fourth-order valence-electron chi connectivity index (χ4n) is 1.83. The summed E-state index contributed by atoms with van der Waals surface area (Å²) in [6, 6.07) is 13.7. The molecule has 0 aliphatic heterocycles. The molecule has 0 bridgehead atoms. The fraction of sp³-hybridized carbons (Fsp3) is 0.250. The zero-order chi connectivity index (χ0) is 15.2. The van der Waals surface area contributed by atoms with Gasteiger partial charge in [-0.2, -0.15) is 8.78 Å². The summed E-state index contributed by atoms with van der Waals surface area (Å²) in [5.74, 6) is 0.128. The van der Waals surface area contributed by atoms with Crippen LogP contribution in [0.1, 0.15) is 24.2 Å². The van der Waals surface area contributed by atoms with Crippen LogP contribution >= 0.6 is 0 Å². The third-order valence-electron chi connectivity index (χ3n) is 2.90. The van der Waals surface area contributed by atoms with Crippen molar-refractivity contribution in [3.8, 4) is 11.5 Å². The van der Waals surface area contributed by atoms with E-state index in [0.717, 1.165) is 5.56 Å². The number of benzene rings is 2. The van der Waals surface area contributed by atoms with Crippen LogP contribution in [0.25, 0.3) is 0 Å². The Morgan fingerprint density at radius 1 is 1.05 bits per heavy atom. The van der Waals surface area contributed by atoms with Gasteiger partial charge in [0.15, 0.2) is 11.5 Å². The van der Waals surface area contributed by atoms with Gasteiger partial charge in [-0.1, -0.05) is 36.4 Å². The minimum atomic E-state index is -2.93. The molecule has 112 valence electrons. The molecule has 1 atom stereocenters. The molecule has 0 saturated heterocycles. The second-order valence-electron chi connectivity index (χ2n) is 4.53. The summed E-state index contributed by atoms with van der Waals surface area (Å²) in [5.41, 5.74) is 1.47. The summed E-state index contributed by atoms with van der Waals surface area (Å²) in [6.45, 7) is -1.12. The van der Waals surface area contributed by atoms with E-state index in [1.165, 1.54) is 18.2 Å². The van der Waals surface area contributed by atoms with Gasteiger partial charge in [0.25, 0.3) is 0 Å². The van der Waals surface area contributed by atoms with E-state index in [9.17, 15) is 13.9 Å². The van der Waals surface area contributed by atoms with E-state index < -0.39 is 12.7 Å². The maximum absolute atomic E-state index is 12.4. The molecule has 21 heavy (non-hydrogen) atoms. The van der Waals surface area contributed by atoms with Crippen LogP contribution in [0.3, 0.4) is 0 Å². The lowest BCUT2D eigenvalue weighted by atomic mass is 10.1. The van der Waals surface area contributed by atoms with Gasteiger partial charge in [-0.3, -0.25) is 0 Å². The molecule has 3 nitrogen and oxygen atoms in total. The molecule has 2 aromatic rings. The smallest absolute Gasteiger partial charge is 0.387 e. The SMILES string of the molecule is CC(O)c1ccc(OC(F)F)c(OCc2ccccc2)c1. The van der Waals surface area contributed by atoms with E-state index in [-0.39, 0.29) is 18.1 Å². The Kier molecular flexibility index (Phi) is 5.11. The molecule has 0 radical (unpaired) electrons. The minimum absolute atomic E-state index is 0.0506. The Bertz CT molecular complexity index is 571. The molecule has 0 amide bonds. The van der Waals surface area contributed by atoms with Gasteiger partial charge >= 0.3 is 6.61 Å². The summed E-state index contributed by atoms with van der Waals surface area (Å²) in [5, 5.41) is 9.56. The van der Waals surface area contributed by atoms with Crippen molar-refractivity contribution in [1.82, 2.24) is 0 Å². The molecule has 0 saturated carbocycles. The molecule has 1 unspecified atom stereocenters. The number of hydrogen-bond donors (Lipinski definition) is 1. The van der Waals surface area contributed by atoms with Crippen LogP contribution in [0.15, 0.2) is 48.5 Å². The van der Waals surface area contributed by atoms with E-state index in [4.69, 9.17) is 4.74 Å². The average Bonchev–Trinajstić information content (AvgIpc) is 2.46. The number of aliphatic hydroxyl groups excluding tert-OH is 1. The van der Waals surface area contributed by atoms with Crippen molar-refractivity contribution in [2.45, 2.75) is 26.2 Å². The fourth-order valence-corrected chi connectivity index (χ4v) is 1.83. The highest BCUT2D eigenvalue weighted by Crippen LogP contribution is 2.32. The van der Waals surface area contributed by atoms with Crippen LogP contribution in [-0.2, 0) is 6.61 Å². The molecule has 0 spiro atoms. The minimum Gasteiger partial charge on any atom is -0.485 e. The lowest BCUT2D eigenvalue weighted by Crippen LogP contribution is -2.05. The summed E-state index contributed by atoms with van der Waals surface area (Å²) in [4.78, 5) is 0. The highest BCUT2D eigenvalue weighted by atomic mass is 19.3. The Balaban J connectivity index is 2.19. The lowest BCUT2D eigenvalue weighted by molar-refractivity contribution is -0.0516. The van der Waals surface area contributed by atoms with Crippen LogP contribution < -0.4 is 9.47 Å². The number of rotatable bonds is 6. The van der Waals surface area contributed by atoms with Gasteiger partial charge < -0.3 is 14.6 Å². The van der Waals surface area contributed by atoms with Gasteiger partial charge in [0, 0.05) is 0 Å². The van der Waals surface area contributed by atoms with Crippen LogP contribution in [0.2, 0.25) is 0 Å². The predicted molar refractivity (Wildman–Crippen MR) is 74.5 cm³/mol. The topological polar surface area (TPSA) is 38.7 Å². The Labute approximate surface area is 121 Å². The van der Waals surface area contributed by atoms with Gasteiger partial charge in [0.1, 0.15) is 6.61 Å². The van der Waals surface area contributed by atoms with Crippen molar-refractivity contribution in [2.24, 2.45) is 0 Å².